The SMILES string of the molecule is CCCN(C)C(=O)c1cccc(-c2ccc3c(c2)C=CCC3)c1. The minimum Gasteiger partial charge on any atom is -0.342 e. The predicted octanol–water partition coefficient (Wildman–Crippen LogP) is 4.80. The van der Waals surface area contributed by atoms with Crippen LogP contribution in [0.3, 0.4) is 0 Å². The normalized spacial score (nSPS) is 12.8. The second-order valence-electron chi connectivity index (χ2n) is 6.16. The quantitative estimate of drug-likeness (QED) is 0.795. The van der Waals surface area contributed by atoms with Crippen molar-refractivity contribution in [2.45, 2.75) is 26.2 Å². The van der Waals surface area contributed by atoms with E-state index in [-0.39, 0.29) is 5.91 Å². The van der Waals surface area contributed by atoms with Crippen LogP contribution in [0.1, 0.15) is 41.3 Å². The van der Waals surface area contributed by atoms with Gasteiger partial charge in [-0.05, 0) is 59.7 Å². The third kappa shape index (κ3) is 3.37. The Balaban J connectivity index is 1.91. The van der Waals surface area contributed by atoms with Crippen molar-refractivity contribution in [3.8, 4) is 11.1 Å². The number of carbonyl (C=O) groups excluding carboxylic acids is 1. The summed E-state index contributed by atoms with van der Waals surface area (Å²) in [6.07, 6.45) is 7.64. The molecule has 0 heterocycles. The molecule has 0 aliphatic heterocycles. The van der Waals surface area contributed by atoms with E-state index >= 15 is 0 Å². The number of aryl methyl sites for hydroxylation is 1. The molecule has 0 radical (unpaired) electrons. The molecule has 0 spiro atoms. The fraction of sp³-hybridized carbons (Fsp3) is 0.286. The lowest BCUT2D eigenvalue weighted by Gasteiger charge is -2.17. The smallest absolute Gasteiger partial charge is 0.253 e. The highest BCUT2D eigenvalue weighted by Crippen LogP contribution is 2.27. The maximum absolute atomic E-state index is 12.5. The van der Waals surface area contributed by atoms with Crippen LogP contribution in [0.5, 0.6) is 0 Å². The predicted molar refractivity (Wildman–Crippen MR) is 96.5 cm³/mol. The van der Waals surface area contributed by atoms with Crippen molar-refractivity contribution in [2.24, 2.45) is 0 Å². The Hall–Kier alpha value is -2.35. The lowest BCUT2D eigenvalue weighted by Crippen LogP contribution is -2.27. The van der Waals surface area contributed by atoms with Crippen molar-refractivity contribution < 1.29 is 4.79 Å². The molecule has 1 aliphatic rings. The molecule has 2 aromatic rings. The van der Waals surface area contributed by atoms with E-state index in [9.17, 15) is 4.79 Å². The van der Waals surface area contributed by atoms with Gasteiger partial charge in [-0.3, -0.25) is 4.79 Å². The van der Waals surface area contributed by atoms with Crippen molar-refractivity contribution in [3.05, 3.63) is 65.2 Å². The standard InChI is InChI=1S/C21H23NO/c1-3-13-22(2)21(23)20-10-6-9-18(15-20)19-12-11-16-7-4-5-8-17(16)14-19/h5-6,8-12,14-15H,3-4,7,13H2,1-2H3. The van der Waals surface area contributed by atoms with Gasteiger partial charge in [0, 0.05) is 19.2 Å². The number of hydrogen-bond acceptors (Lipinski definition) is 1. The molecule has 0 bridgehead atoms. The van der Waals surface area contributed by atoms with E-state index in [1.54, 1.807) is 4.90 Å². The van der Waals surface area contributed by atoms with Crippen molar-refractivity contribution in [2.75, 3.05) is 13.6 Å². The van der Waals surface area contributed by atoms with Crippen LogP contribution in [-0.2, 0) is 6.42 Å². The first-order valence-electron chi connectivity index (χ1n) is 8.34. The first kappa shape index (κ1) is 15.5. The zero-order chi connectivity index (χ0) is 16.2. The van der Waals surface area contributed by atoms with Gasteiger partial charge in [0.05, 0.1) is 0 Å². The summed E-state index contributed by atoms with van der Waals surface area (Å²) in [7, 11) is 1.86. The third-order valence-corrected chi connectivity index (χ3v) is 4.37. The van der Waals surface area contributed by atoms with Gasteiger partial charge in [0.1, 0.15) is 0 Å². The number of rotatable bonds is 4. The summed E-state index contributed by atoms with van der Waals surface area (Å²) in [4.78, 5) is 14.3. The number of fused-ring (bicyclic) bond motifs is 1. The molecule has 2 heteroatoms. The molecular weight excluding hydrogens is 282 g/mol. The Bertz CT molecular complexity index is 745. The lowest BCUT2D eigenvalue weighted by atomic mass is 9.93. The maximum Gasteiger partial charge on any atom is 0.253 e. The Morgan fingerprint density at radius 2 is 1.96 bits per heavy atom. The Morgan fingerprint density at radius 3 is 2.78 bits per heavy atom. The van der Waals surface area contributed by atoms with Crippen molar-refractivity contribution in [1.82, 2.24) is 4.90 Å². The first-order chi connectivity index (χ1) is 11.2. The highest BCUT2D eigenvalue weighted by molar-refractivity contribution is 5.95. The van der Waals surface area contributed by atoms with Crippen LogP contribution in [0.15, 0.2) is 48.5 Å². The van der Waals surface area contributed by atoms with Gasteiger partial charge in [-0.2, -0.15) is 0 Å². The Morgan fingerprint density at radius 1 is 1.13 bits per heavy atom. The van der Waals surface area contributed by atoms with Crippen LogP contribution >= 0.6 is 0 Å². The van der Waals surface area contributed by atoms with Gasteiger partial charge in [-0.1, -0.05) is 43.3 Å². The fourth-order valence-electron chi connectivity index (χ4n) is 3.10. The molecule has 3 rings (SSSR count). The number of amides is 1. The van der Waals surface area contributed by atoms with Gasteiger partial charge in [-0.15, -0.1) is 0 Å². The average Bonchev–Trinajstić information content (AvgIpc) is 2.61. The topological polar surface area (TPSA) is 20.3 Å². The Labute approximate surface area is 138 Å². The Kier molecular flexibility index (Phi) is 4.61. The summed E-state index contributed by atoms with van der Waals surface area (Å²) in [6.45, 7) is 2.87. The van der Waals surface area contributed by atoms with E-state index in [0.29, 0.717) is 0 Å². The van der Waals surface area contributed by atoms with Crippen LogP contribution in [-0.4, -0.2) is 24.4 Å². The second-order valence-corrected chi connectivity index (χ2v) is 6.16. The molecule has 0 saturated carbocycles. The third-order valence-electron chi connectivity index (χ3n) is 4.37. The fourth-order valence-corrected chi connectivity index (χ4v) is 3.10. The lowest BCUT2D eigenvalue weighted by molar-refractivity contribution is 0.0795. The second kappa shape index (κ2) is 6.82. The van der Waals surface area contributed by atoms with E-state index in [1.165, 1.54) is 16.7 Å². The summed E-state index contributed by atoms with van der Waals surface area (Å²) >= 11 is 0. The summed E-state index contributed by atoms with van der Waals surface area (Å²) in [6, 6.07) is 14.6. The molecule has 118 valence electrons. The molecule has 0 unspecified atom stereocenters. The molecule has 0 aromatic heterocycles. The van der Waals surface area contributed by atoms with Gasteiger partial charge in [-0.25, -0.2) is 0 Å². The van der Waals surface area contributed by atoms with E-state index in [1.807, 2.05) is 25.2 Å². The summed E-state index contributed by atoms with van der Waals surface area (Å²) in [5, 5.41) is 0. The molecule has 1 amide bonds. The molecule has 2 aromatic carbocycles. The summed E-state index contributed by atoms with van der Waals surface area (Å²) in [5.74, 6) is 0.0894. The molecule has 23 heavy (non-hydrogen) atoms. The number of carbonyl (C=O) groups is 1. The van der Waals surface area contributed by atoms with Gasteiger partial charge < -0.3 is 4.90 Å². The van der Waals surface area contributed by atoms with Gasteiger partial charge >= 0.3 is 0 Å². The molecule has 2 nitrogen and oxygen atoms in total. The molecule has 0 N–H and O–H groups in total. The number of nitrogens with zero attached hydrogens (tertiary/aromatic N) is 1. The van der Waals surface area contributed by atoms with Gasteiger partial charge in [0.2, 0.25) is 0 Å². The van der Waals surface area contributed by atoms with E-state index in [0.717, 1.165) is 36.9 Å². The zero-order valence-electron chi connectivity index (χ0n) is 13.9. The highest BCUT2D eigenvalue weighted by Gasteiger charge is 2.12. The van der Waals surface area contributed by atoms with Gasteiger partial charge in [0.15, 0.2) is 0 Å². The zero-order valence-corrected chi connectivity index (χ0v) is 13.9. The summed E-state index contributed by atoms with van der Waals surface area (Å²) in [5.41, 5.74) is 5.73. The largest absolute Gasteiger partial charge is 0.342 e. The van der Waals surface area contributed by atoms with E-state index < -0.39 is 0 Å². The number of hydrogen-bond donors (Lipinski definition) is 0. The average molecular weight is 305 g/mol. The molecule has 0 atom stereocenters. The maximum atomic E-state index is 12.5. The molecule has 0 fully saturated rings. The van der Waals surface area contributed by atoms with E-state index in [2.05, 4.69) is 43.3 Å². The molecule has 0 saturated heterocycles. The van der Waals surface area contributed by atoms with Crippen LogP contribution in [0.4, 0.5) is 0 Å². The minimum atomic E-state index is 0.0894. The summed E-state index contributed by atoms with van der Waals surface area (Å²) < 4.78 is 0. The monoisotopic (exact) mass is 305 g/mol. The van der Waals surface area contributed by atoms with Crippen molar-refractivity contribution in [3.63, 3.8) is 0 Å². The van der Waals surface area contributed by atoms with Crippen LogP contribution in [0.25, 0.3) is 17.2 Å². The number of allylic oxidation sites excluding steroid dienone is 1. The van der Waals surface area contributed by atoms with Crippen molar-refractivity contribution >= 4 is 12.0 Å². The van der Waals surface area contributed by atoms with E-state index in [4.69, 9.17) is 0 Å². The van der Waals surface area contributed by atoms with Crippen LogP contribution < -0.4 is 0 Å². The van der Waals surface area contributed by atoms with Crippen LogP contribution in [0, 0.1) is 0 Å². The van der Waals surface area contributed by atoms with Gasteiger partial charge in [0.25, 0.3) is 5.91 Å². The molecular formula is C21H23NO. The van der Waals surface area contributed by atoms with Crippen LogP contribution in [0.2, 0.25) is 0 Å². The first-order valence-corrected chi connectivity index (χ1v) is 8.34. The molecule has 1 aliphatic carbocycles. The highest BCUT2D eigenvalue weighted by atomic mass is 16.2. The minimum absolute atomic E-state index is 0.0894. The van der Waals surface area contributed by atoms with Crippen molar-refractivity contribution in [1.29, 1.82) is 0 Å². The number of benzene rings is 2.